The normalized spacial score (nSPS) is 26.9. The molecular weight excluding hydrogens is 248 g/mol. The Morgan fingerprint density at radius 1 is 1.25 bits per heavy atom. The molecule has 0 aromatic carbocycles. The smallest absolute Gasteiger partial charge is 0.137 e. The van der Waals surface area contributed by atoms with Crippen molar-refractivity contribution >= 4 is 11.6 Å². The summed E-state index contributed by atoms with van der Waals surface area (Å²) in [6.07, 6.45) is 3.23. The second-order valence-corrected chi connectivity index (χ2v) is 6.43. The second kappa shape index (κ2) is 5.98. The molecule has 2 rings (SSSR count). The van der Waals surface area contributed by atoms with E-state index in [0.29, 0.717) is 23.7 Å². The van der Waals surface area contributed by atoms with E-state index in [1.165, 1.54) is 6.42 Å². The highest BCUT2D eigenvalue weighted by atomic mass is 15.2. The highest BCUT2D eigenvalue weighted by molar-refractivity contribution is 5.57. The Kier molecular flexibility index (Phi) is 4.51. The van der Waals surface area contributed by atoms with Crippen LogP contribution in [0.2, 0.25) is 0 Å². The van der Waals surface area contributed by atoms with Gasteiger partial charge in [-0.2, -0.15) is 0 Å². The summed E-state index contributed by atoms with van der Waals surface area (Å²) in [5.41, 5.74) is 7.12. The SMILES string of the molecule is CCCc1nc(N)c(C)c(N2CC(C)CC(C)C2C)n1. The predicted octanol–water partition coefficient (Wildman–Crippen LogP) is 3.19. The van der Waals surface area contributed by atoms with Crippen molar-refractivity contribution in [3.8, 4) is 0 Å². The Bertz CT molecular complexity index is 472. The van der Waals surface area contributed by atoms with Gasteiger partial charge in [0.25, 0.3) is 0 Å². The fourth-order valence-electron chi connectivity index (χ4n) is 3.18. The van der Waals surface area contributed by atoms with Crippen LogP contribution in [-0.2, 0) is 6.42 Å². The van der Waals surface area contributed by atoms with Crippen molar-refractivity contribution in [2.75, 3.05) is 17.2 Å². The topological polar surface area (TPSA) is 55.0 Å². The third-order valence-corrected chi connectivity index (χ3v) is 4.55. The van der Waals surface area contributed by atoms with Crippen molar-refractivity contribution in [1.29, 1.82) is 0 Å². The van der Waals surface area contributed by atoms with E-state index in [1.54, 1.807) is 0 Å². The molecule has 4 heteroatoms. The molecule has 20 heavy (non-hydrogen) atoms. The van der Waals surface area contributed by atoms with E-state index in [-0.39, 0.29) is 0 Å². The van der Waals surface area contributed by atoms with Gasteiger partial charge in [-0.25, -0.2) is 9.97 Å². The van der Waals surface area contributed by atoms with Gasteiger partial charge in [0.1, 0.15) is 17.5 Å². The number of anilines is 2. The molecule has 112 valence electrons. The van der Waals surface area contributed by atoms with E-state index in [1.807, 2.05) is 6.92 Å². The van der Waals surface area contributed by atoms with Crippen LogP contribution in [-0.4, -0.2) is 22.6 Å². The van der Waals surface area contributed by atoms with Gasteiger partial charge in [0.05, 0.1) is 0 Å². The van der Waals surface area contributed by atoms with E-state index in [0.717, 1.165) is 36.6 Å². The maximum absolute atomic E-state index is 6.10. The molecule has 3 atom stereocenters. The molecule has 0 aliphatic carbocycles. The maximum Gasteiger partial charge on any atom is 0.137 e. The zero-order valence-electron chi connectivity index (χ0n) is 13.5. The predicted molar refractivity (Wildman–Crippen MR) is 84.9 cm³/mol. The molecule has 1 aliphatic rings. The van der Waals surface area contributed by atoms with Crippen LogP contribution in [0.15, 0.2) is 0 Å². The van der Waals surface area contributed by atoms with E-state index in [4.69, 9.17) is 10.7 Å². The fourth-order valence-corrected chi connectivity index (χ4v) is 3.18. The van der Waals surface area contributed by atoms with Gasteiger partial charge in [0, 0.05) is 24.6 Å². The summed E-state index contributed by atoms with van der Waals surface area (Å²) >= 11 is 0. The van der Waals surface area contributed by atoms with Crippen LogP contribution in [0.4, 0.5) is 11.6 Å². The van der Waals surface area contributed by atoms with Gasteiger partial charge in [-0.1, -0.05) is 20.8 Å². The number of hydrogen-bond acceptors (Lipinski definition) is 4. The third-order valence-electron chi connectivity index (χ3n) is 4.55. The highest BCUT2D eigenvalue weighted by Crippen LogP contribution is 2.33. The van der Waals surface area contributed by atoms with Gasteiger partial charge in [0.15, 0.2) is 0 Å². The summed E-state index contributed by atoms with van der Waals surface area (Å²) in [5, 5.41) is 0. The molecule has 0 radical (unpaired) electrons. The quantitative estimate of drug-likeness (QED) is 0.921. The van der Waals surface area contributed by atoms with Crippen LogP contribution in [0, 0.1) is 18.8 Å². The minimum Gasteiger partial charge on any atom is -0.383 e. The molecule has 0 saturated carbocycles. The number of nitrogen functional groups attached to an aromatic ring is 1. The fraction of sp³-hybridized carbons (Fsp3) is 0.750. The van der Waals surface area contributed by atoms with Gasteiger partial charge in [-0.15, -0.1) is 0 Å². The van der Waals surface area contributed by atoms with Crippen LogP contribution >= 0.6 is 0 Å². The number of aromatic nitrogens is 2. The number of hydrogen-bond donors (Lipinski definition) is 1. The number of rotatable bonds is 3. The van der Waals surface area contributed by atoms with Gasteiger partial charge >= 0.3 is 0 Å². The average Bonchev–Trinajstić information content (AvgIpc) is 2.38. The molecule has 3 unspecified atom stereocenters. The lowest BCUT2D eigenvalue weighted by atomic mass is 9.86. The first-order valence-electron chi connectivity index (χ1n) is 7.83. The molecule has 1 aromatic rings. The average molecular weight is 276 g/mol. The van der Waals surface area contributed by atoms with Gasteiger partial charge in [0.2, 0.25) is 0 Å². The first-order chi connectivity index (χ1) is 9.43. The number of piperidine rings is 1. The molecule has 1 fully saturated rings. The van der Waals surface area contributed by atoms with E-state index < -0.39 is 0 Å². The Hall–Kier alpha value is -1.32. The zero-order valence-corrected chi connectivity index (χ0v) is 13.5. The van der Waals surface area contributed by atoms with Crippen LogP contribution in [0.3, 0.4) is 0 Å². The van der Waals surface area contributed by atoms with E-state index in [9.17, 15) is 0 Å². The highest BCUT2D eigenvalue weighted by Gasteiger charge is 2.31. The second-order valence-electron chi connectivity index (χ2n) is 6.43. The summed E-state index contributed by atoms with van der Waals surface area (Å²) in [5.74, 6) is 3.95. The summed E-state index contributed by atoms with van der Waals surface area (Å²) in [7, 11) is 0. The standard InChI is InChI=1S/C16H28N4/c1-6-7-14-18-15(17)12(4)16(19-14)20-9-10(2)8-11(3)13(20)5/h10-11,13H,6-9H2,1-5H3,(H2,17,18,19). The van der Waals surface area contributed by atoms with Crippen molar-refractivity contribution in [1.82, 2.24) is 9.97 Å². The number of aryl methyl sites for hydroxylation is 1. The van der Waals surface area contributed by atoms with Gasteiger partial charge in [-0.3, -0.25) is 0 Å². The zero-order chi connectivity index (χ0) is 14.9. The van der Waals surface area contributed by atoms with Gasteiger partial charge < -0.3 is 10.6 Å². The minimum absolute atomic E-state index is 0.508. The molecule has 0 bridgehead atoms. The molecule has 1 saturated heterocycles. The minimum atomic E-state index is 0.508. The largest absolute Gasteiger partial charge is 0.383 e. The molecule has 1 aliphatic heterocycles. The van der Waals surface area contributed by atoms with E-state index in [2.05, 4.69) is 37.6 Å². The molecule has 4 nitrogen and oxygen atoms in total. The Labute approximate surface area is 122 Å². The summed E-state index contributed by atoms with van der Waals surface area (Å²) in [6.45, 7) is 12.2. The molecule has 2 N–H and O–H groups in total. The molecular formula is C16H28N4. The summed E-state index contributed by atoms with van der Waals surface area (Å²) < 4.78 is 0. The first-order valence-corrected chi connectivity index (χ1v) is 7.83. The Morgan fingerprint density at radius 2 is 1.95 bits per heavy atom. The molecule has 1 aromatic heterocycles. The van der Waals surface area contributed by atoms with Crippen LogP contribution in [0.1, 0.15) is 51.9 Å². The summed E-state index contributed by atoms with van der Waals surface area (Å²) in [4.78, 5) is 11.7. The monoisotopic (exact) mass is 276 g/mol. The lowest BCUT2D eigenvalue weighted by molar-refractivity contribution is 0.295. The van der Waals surface area contributed by atoms with Crippen molar-refractivity contribution in [3.05, 3.63) is 11.4 Å². The van der Waals surface area contributed by atoms with Crippen molar-refractivity contribution in [2.24, 2.45) is 11.8 Å². The Morgan fingerprint density at radius 3 is 2.60 bits per heavy atom. The lowest BCUT2D eigenvalue weighted by Crippen LogP contribution is -2.46. The maximum atomic E-state index is 6.10. The number of nitrogens with two attached hydrogens (primary N) is 1. The van der Waals surface area contributed by atoms with E-state index >= 15 is 0 Å². The van der Waals surface area contributed by atoms with Crippen molar-refractivity contribution in [3.63, 3.8) is 0 Å². The van der Waals surface area contributed by atoms with Crippen molar-refractivity contribution in [2.45, 2.75) is 59.9 Å². The summed E-state index contributed by atoms with van der Waals surface area (Å²) in [6, 6.07) is 0.508. The molecule has 0 amide bonds. The lowest BCUT2D eigenvalue weighted by Gasteiger charge is -2.42. The number of nitrogens with zero attached hydrogens (tertiary/aromatic N) is 3. The van der Waals surface area contributed by atoms with Gasteiger partial charge in [-0.05, 0) is 38.5 Å². The van der Waals surface area contributed by atoms with Crippen LogP contribution in [0.25, 0.3) is 0 Å². The molecule has 2 heterocycles. The van der Waals surface area contributed by atoms with Crippen molar-refractivity contribution < 1.29 is 0 Å². The Balaban J connectivity index is 2.39. The van der Waals surface area contributed by atoms with Crippen LogP contribution in [0.5, 0.6) is 0 Å². The first kappa shape index (κ1) is 15.1. The molecule has 0 spiro atoms. The third kappa shape index (κ3) is 2.89. The van der Waals surface area contributed by atoms with Crippen LogP contribution < -0.4 is 10.6 Å².